The van der Waals surface area contributed by atoms with Crippen molar-refractivity contribution in [3.05, 3.63) is 59.9 Å². The lowest BCUT2D eigenvalue weighted by atomic mass is 10.1. The quantitative estimate of drug-likeness (QED) is 0.641. The highest BCUT2D eigenvalue weighted by atomic mass is 32.2. The summed E-state index contributed by atoms with van der Waals surface area (Å²) in [4.78, 5) is 30.7. The number of aromatic nitrogens is 1. The number of likely N-dealkylation sites (tertiary alicyclic amines) is 1. The fourth-order valence-electron chi connectivity index (χ4n) is 3.28. The van der Waals surface area contributed by atoms with Crippen molar-refractivity contribution in [1.82, 2.24) is 19.9 Å². The van der Waals surface area contributed by atoms with E-state index in [-0.39, 0.29) is 18.0 Å². The fourth-order valence-corrected chi connectivity index (χ4v) is 4.07. The van der Waals surface area contributed by atoms with Gasteiger partial charge in [0.15, 0.2) is 0 Å². The van der Waals surface area contributed by atoms with E-state index in [0.29, 0.717) is 43.7 Å². The molecule has 1 aliphatic rings. The van der Waals surface area contributed by atoms with Crippen LogP contribution in [0.4, 0.5) is 10.5 Å². The van der Waals surface area contributed by atoms with Crippen LogP contribution in [-0.2, 0) is 16.6 Å². The molecule has 0 radical (unpaired) electrons. The van der Waals surface area contributed by atoms with Gasteiger partial charge in [0.05, 0.1) is 18.5 Å². The molecule has 30 heavy (non-hydrogen) atoms. The standard InChI is InChI=1S/C20H25N5O4S/c1-30(28,29)24-18-9-5-11-25(14-18)20(27)23-16-8-4-6-15(12-16)19(26)22-13-17-7-2-3-10-21-17/h2-4,6-8,10,12,18,24H,5,9,11,13-14H2,1H3,(H,22,26)(H,23,27)/t18-/m0/s1. The smallest absolute Gasteiger partial charge is 0.321 e. The minimum absolute atomic E-state index is 0.271. The molecule has 0 bridgehead atoms. The van der Waals surface area contributed by atoms with Gasteiger partial charge in [-0.25, -0.2) is 17.9 Å². The summed E-state index contributed by atoms with van der Waals surface area (Å²) in [7, 11) is -3.33. The second kappa shape index (κ2) is 9.68. The number of rotatable bonds is 6. The van der Waals surface area contributed by atoms with Crippen molar-refractivity contribution in [3.63, 3.8) is 0 Å². The summed E-state index contributed by atoms with van der Waals surface area (Å²) in [5, 5.41) is 5.58. The Morgan fingerprint density at radius 2 is 2.03 bits per heavy atom. The van der Waals surface area contributed by atoms with Gasteiger partial charge < -0.3 is 15.5 Å². The molecule has 2 heterocycles. The van der Waals surface area contributed by atoms with E-state index in [1.165, 1.54) is 0 Å². The number of carbonyl (C=O) groups is 2. The van der Waals surface area contributed by atoms with Crippen LogP contribution in [0.1, 0.15) is 28.9 Å². The van der Waals surface area contributed by atoms with Crippen molar-refractivity contribution in [3.8, 4) is 0 Å². The number of benzene rings is 1. The van der Waals surface area contributed by atoms with Gasteiger partial charge in [0.2, 0.25) is 10.0 Å². The van der Waals surface area contributed by atoms with Gasteiger partial charge in [-0.1, -0.05) is 12.1 Å². The Morgan fingerprint density at radius 1 is 1.20 bits per heavy atom. The van der Waals surface area contributed by atoms with Crippen molar-refractivity contribution in [2.24, 2.45) is 0 Å². The first-order valence-electron chi connectivity index (χ1n) is 9.61. The first-order valence-corrected chi connectivity index (χ1v) is 11.5. The molecule has 1 atom stereocenters. The summed E-state index contributed by atoms with van der Waals surface area (Å²) in [5.41, 5.74) is 1.65. The lowest BCUT2D eigenvalue weighted by Crippen LogP contribution is -2.50. The van der Waals surface area contributed by atoms with Gasteiger partial charge in [-0.15, -0.1) is 0 Å². The van der Waals surface area contributed by atoms with E-state index >= 15 is 0 Å². The number of urea groups is 1. The van der Waals surface area contributed by atoms with E-state index in [9.17, 15) is 18.0 Å². The largest absolute Gasteiger partial charge is 0.346 e. The highest BCUT2D eigenvalue weighted by molar-refractivity contribution is 7.88. The van der Waals surface area contributed by atoms with Gasteiger partial charge >= 0.3 is 6.03 Å². The number of anilines is 1. The van der Waals surface area contributed by atoms with E-state index in [2.05, 4.69) is 20.3 Å². The third-order valence-corrected chi connectivity index (χ3v) is 5.38. The molecule has 9 nitrogen and oxygen atoms in total. The van der Waals surface area contributed by atoms with Gasteiger partial charge in [0.25, 0.3) is 5.91 Å². The lowest BCUT2D eigenvalue weighted by molar-refractivity contribution is 0.0950. The van der Waals surface area contributed by atoms with Crippen LogP contribution < -0.4 is 15.4 Å². The molecule has 1 aliphatic heterocycles. The predicted molar refractivity (Wildman–Crippen MR) is 113 cm³/mol. The maximum atomic E-state index is 12.6. The molecular weight excluding hydrogens is 406 g/mol. The van der Waals surface area contributed by atoms with Gasteiger partial charge in [-0.05, 0) is 43.2 Å². The lowest BCUT2D eigenvalue weighted by Gasteiger charge is -2.32. The first kappa shape index (κ1) is 21.7. The van der Waals surface area contributed by atoms with Crippen LogP contribution in [0, 0.1) is 0 Å². The molecule has 1 aromatic carbocycles. The number of pyridine rings is 1. The van der Waals surface area contributed by atoms with Crippen LogP contribution in [0.15, 0.2) is 48.7 Å². The number of carbonyl (C=O) groups excluding carboxylic acids is 2. The number of nitrogens with zero attached hydrogens (tertiary/aromatic N) is 2. The number of hydrogen-bond acceptors (Lipinski definition) is 5. The van der Waals surface area contributed by atoms with Crippen molar-refractivity contribution in [2.75, 3.05) is 24.7 Å². The average molecular weight is 432 g/mol. The Labute approximate surface area is 175 Å². The number of nitrogens with one attached hydrogen (secondary N) is 3. The Kier molecular flexibility index (Phi) is 7.01. The van der Waals surface area contributed by atoms with Crippen molar-refractivity contribution < 1.29 is 18.0 Å². The van der Waals surface area contributed by atoms with Gasteiger partial charge in [0.1, 0.15) is 0 Å². The Bertz CT molecular complexity index is 997. The van der Waals surface area contributed by atoms with Crippen LogP contribution in [0.3, 0.4) is 0 Å². The van der Waals surface area contributed by atoms with E-state index < -0.39 is 10.0 Å². The van der Waals surface area contributed by atoms with E-state index in [1.54, 1.807) is 41.4 Å². The molecule has 1 fully saturated rings. The number of hydrogen-bond donors (Lipinski definition) is 3. The molecule has 10 heteroatoms. The Hall–Kier alpha value is -2.98. The van der Waals surface area contributed by atoms with Crippen LogP contribution in [-0.4, -0.2) is 55.6 Å². The summed E-state index contributed by atoms with van der Waals surface area (Å²) in [6, 6.07) is 11.5. The third kappa shape index (κ3) is 6.53. The predicted octanol–water partition coefficient (Wildman–Crippen LogP) is 1.56. The summed E-state index contributed by atoms with van der Waals surface area (Å²) in [5.74, 6) is -0.271. The zero-order valence-electron chi connectivity index (χ0n) is 16.7. The summed E-state index contributed by atoms with van der Waals surface area (Å²) >= 11 is 0. The zero-order valence-corrected chi connectivity index (χ0v) is 17.5. The van der Waals surface area contributed by atoms with E-state index in [1.807, 2.05) is 12.1 Å². The van der Waals surface area contributed by atoms with Gasteiger partial charge in [-0.3, -0.25) is 9.78 Å². The maximum Gasteiger partial charge on any atom is 0.321 e. The molecule has 3 N–H and O–H groups in total. The molecule has 2 aromatic rings. The van der Waals surface area contributed by atoms with Crippen molar-refractivity contribution in [2.45, 2.75) is 25.4 Å². The summed E-state index contributed by atoms with van der Waals surface area (Å²) in [6.45, 7) is 1.14. The minimum atomic E-state index is -3.33. The highest BCUT2D eigenvalue weighted by Gasteiger charge is 2.25. The molecular formula is C20H25N5O4S. The van der Waals surface area contributed by atoms with E-state index in [4.69, 9.17) is 0 Å². The zero-order chi connectivity index (χ0) is 21.6. The van der Waals surface area contributed by atoms with Crippen LogP contribution in [0.5, 0.6) is 0 Å². The topological polar surface area (TPSA) is 121 Å². The van der Waals surface area contributed by atoms with E-state index in [0.717, 1.165) is 11.9 Å². The number of piperidine rings is 1. The van der Waals surface area contributed by atoms with Crippen LogP contribution in [0.25, 0.3) is 0 Å². The Balaban J connectivity index is 1.57. The molecule has 0 unspecified atom stereocenters. The highest BCUT2D eigenvalue weighted by Crippen LogP contribution is 2.15. The second-order valence-electron chi connectivity index (χ2n) is 7.19. The molecule has 3 amide bonds. The molecule has 3 rings (SSSR count). The molecule has 1 saturated heterocycles. The summed E-state index contributed by atoms with van der Waals surface area (Å²) in [6.07, 6.45) is 4.16. The van der Waals surface area contributed by atoms with Crippen LogP contribution >= 0.6 is 0 Å². The monoisotopic (exact) mass is 431 g/mol. The molecule has 0 spiro atoms. The van der Waals surface area contributed by atoms with Gasteiger partial charge in [-0.2, -0.15) is 0 Å². The fraction of sp³-hybridized carbons (Fsp3) is 0.350. The molecule has 0 aliphatic carbocycles. The summed E-state index contributed by atoms with van der Waals surface area (Å²) < 4.78 is 25.4. The second-order valence-corrected chi connectivity index (χ2v) is 8.97. The average Bonchev–Trinajstić information content (AvgIpc) is 2.72. The van der Waals surface area contributed by atoms with Gasteiger partial charge in [0, 0.05) is 36.6 Å². The van der Waals surface area contributed by atoms with Crippen molar-refractivity contribution >= 4 is 27.6 Å². The normalized spacial score (nSPS) is 16.7. The number of sulfonamides is 1. The minimum Gasteiger partial charge on any atom is -0.346 e. The molecule has 160 valence electrons. The maximum absolute atomic E-state index is 12.6. The Morgan fingerprint density at radius 3 is 2.77 bits per heavy atom. The third-order valence-electron chi connectivity index (χ3n) is 4.62. The SMILES string of the molecule is CS(=O)(=O)N[C@H]1CCCN(C(=O)Nc2cccc(C(=O)NCc3ccccn3)c2)C1. The van der Waals surface area contributed by atoms with Crippen LogP contribution in [0.2, 0.25) is 0 Å². The van der Waals surface area contributed by atoms with Crippen molar-refractivity contribution in [1.29, 1.82) is 0 Å². The first-order chi connectivity index (χ1) is 14.3. The molecule has 1 aromatic heterocycles. The molecule has 0 saturated carbocycles. The number of amides is 3.